The van der Waals surface area contributed by atoms with E-state index in [1.54, 1.807) is 39.5 Å². The maximum atomic E-state index is 12.6. The van der Waals surface area contributed by atoms with Crippen LogP contribution in [0.3, 0.4) is 0 Å². The Morgan fingerprint density at radius 2 is 1.78 bits per heavy atom. The van der Waals surface area contributed by atoms with Crippen molar-refractivity contribution in [1.82, 2.24) is 5.32 Å². The van der Waals surface area contributed by atoms with Gasteiger partial charge in [-0.3, -0.25) is 9.00 Å². The lowest BCUT2D eigenvalue weighted by Crippen LogP contribution is -2.25. The number of hydrogen-bond acceptors (Lipinski definition) is 6. The van der Waals surface area contributed by atoms with Gasteiger partial charge in [-0.05, 0) is 49.2 Å². The fraction of sp³-hybridized carbons (Fsp3) is 0.292. The molecule has 170 valence electrons. The van der Waals surface area contributed by atoms with Crippen molar-refractivity contribution in [2.75, 3.05) is 27.9 Å². The highest BCUT2D eigenvalue weighted by atomic mass is 32.2. The van der Waals surface area contributed by atoms with Gasteiger partial charge >= 0.3 is 0 Å². The van der Waals surface area contributed by atoms with E-state index >= 15 is 0 Å². The molecular weight excluding hydrogens is 430 g/mol. The Hall–Kier alpha value is -3.26. The fourth-order valence-electron chi connectivity index (χ4n) is 3.30. The zero-order valence-electron chi connectivity index (χ0n) is 18.6. The third-order valence-corrected chi connectivity index (χ3v) is 6.20. The average Bonchev–Trinajstić information content (AvgIpc) is 3.26. The molecule has 0 aliphatic carbocycles. The third kappa shape index (κ3) is 5.50. The first-order chi connectivity index (χ1) is 15.5. The second-order valence-corrected chi connectivity index (χ2v) is 8.52. The number of rotatable bonds is 10. The Morgan fingerprint density at radius 3 is 2.47 bits per heavy atom. The maximum Gasteiger partial charge on any atom is 0.287 e. The second-order valence-electron chi connectivity index (χ2n) is 7.07. The number of furan rings is 1. The molecule has 1 atom stereocenters. The van der Waals surface area contributed by atoms with Crippen LogP contribution in [0, 0.1) is 6.92 Å². The summed E-state index contributed by atoms with van der Waals surface area (Å²) in [6, 6.07) is 14.5. The molecule has 0 aliphatic heterocycles. The smallest absolute Gasteiger partial charge is 0.287 e. The minimum absolute atomic E-state index is 0.181. The summed E-state index contributed by atoms with van der Waals surface area (Å²) in [4.78, 5) is 13.2. The van der Waals surface area contributed by atoms with Crippen molar-refractivity contribution in [1.29, 1.82) is 0 Å². The molecule has 0 radical (unpaired) electrons. The second kappa shape index (κ2) is 10.9. The Bertz CT molecular complexity index is 1110. The van der Waals surface area contributed by atoms with Crippen LogP contribution in [0.4, 0.5) is 0 Å². The highest BCUT2D eigenvalue weighted by Gasteiger charge is 2.17. The lowest BCUT2D eigenvalue weighted by Gasteiger charge is -2.15. The average molecular weight is 458 g/mol. The Kier molecular flexibility index (Phi) is 7.94. The highest BCUT2D eigenvalue weighted by Crippen LogP contribution is 2.39. The number of benzene rings is 2. The third-order valence-electron chi connectivity index (χ3n) is 4.88. The van der Waals surface area contributed by atoms with Gasteiger partial charge in [0, 0.05) is 17.0 Å². The molecule has 0 saturated carbocycles. The molecule has 8 heteroatoms. The van der Waals surface area contributed by atoms with Gasteiger partial charge in [-0.2, -0.15) is 0 Å². The minimum Gasteiger partial charge on any atom is -0.493 e. The Balaban J connectivity index is 1.58. The van der Waals surface area contributed by atoms with Crippen LogP contribution in [-0.2, 0) is 23.0 Å². The summed E-state index contributed by atoms with van der Waals surface area (Å²) in [6.45, 7) is 2.32. The zero-order valence-corrected chi connectivity index (χ0v) is 19.4. The molecule has 2 aromatic carbocycles. The van der Waals surface area contributed by atoms with Gasteiger partial charge in [0.05, 0.1) is 37.9 Å². The number of amides is 1. The van der Waals surface area contributed by atoms with E-state index in [1.807, 2.05) is 37.3 Å². The van der Waals surface area contributed by atoms with Crippen molar-refractivity contribution < 1.29 is 27.6 Å². The van der Waals surface area contributed by atoms with Crippen LogP contribution in [0.25, 0.3) is 0 Å². The Morgan fingerprint density at radius 1 is 1.00 bits per heavy atom. The number of carbonyl (C=O) groups excluding carboxylic acids is 1. The number of carbonyl (C=O) groups is 1. The summed E-state index contributed by atoms with van der Waals surface area (Å²) in [5, 5.41) is 2.83. The van der Waals surface area contributed by atoms with Crippen LogP contribution in [0.1, 0.15) is 27.4 Å². The first-order valence-corrected chi connectivity index (χ1v) is 11.4. The summed E-state index contributed by atoms with van der Waals surface area (Å²) in [6.07, 6.45) is 0.528. The van der Waals surface area contributed by atoms with Gasteiger partial charge in [0.2, 0.25) is 5.75 Å². The summed E-state index contributed by atoms with van der Waals surface area (Å²) < 4.78 is 34.3. The highest BCUT2D eigenvalue weighted by molar-refractivity contribution is 7.84. The van der Waals surface area contributed by atoms with Crippen molar-refractivity contribution in [2.24, 2.45) is 0 Å². The molecule has 7 nitrogen and oxygen atoms in total. The minimum atomic E-state index is -1.25. The lowest BCUT2D eigenvalue weighted by atomic mass is 10.1. The zero-order chi connectivity index (χ0) is 23.1. The largest absolute Gasteiger partial charge is 0.493 e. The lowest BCUT2D eigenvalue weighted by molar-refractivity contribution is 0.0925. The van der Waals surface area contributed by atoms with Crippen LogP contribution in [-0.4, -0.2) is 38.0 Å². The summed E-state index contributed by atoms with van der Waals surface area (Å²) in [7, 11) is 3.42. The molecule has 0 bridgehead atoms. The van der Waals surface area contributed by atoms with Crippen LogP contribution in [0.5, 0.6) is 17.2 Å². The van der Waals surface area contributed by atoms with Crippen molar-refractivity contribution >= 4 is 16.7 Å². The van der Waals surface area contributed by atoms with E-state index in [2.05, 4.69) is 5.32 Å². The number of ether oxygens (including phenoxy) is 3. The summed E-state index contributed by atoms with van der Waals surface area (Å²) in [5.74, 6) is 2.20. The van der Waals surface area contributed by atoms with Crippen molar-refractivity contribution in [3.63, 3.8) is 0 Å². The molecule has 0 spiro atoms. The van der Waals surface area contributed by atoms with Gasteiger partial charge in [0.15, 0.2) is 17.3 Å². The quantitative estimate of drug-likeness (QED) is 0.497. The van der Waals surface area contributed by atoms with Gasteiger partial charge in [-0.15, -0.1) is 0 Å². The van der Waals surface area contributed by atoms with E-state index < -0.39 is 10.8 Å². The van der Waals surface area contributed by atoms with Crippen molar-refractivity contribution in [3.05, 3.63) is 71.2 Å². The normalized spacial score (nSPS) is 11.6. The van der Waals surface area contributed by atoms with Crippen molar-refractivity contribution in [2.45, 2.75) is 24.0 Å². The number of methoxy groups -OCH3 is 3. The van der Waals surface area contributed by atoms with Gasteiger partial charge in [0.25, 0.3) is 5.91 Å². The number of hydrogen-bond donors (Lipinski definition) is 1. The predicted octanol–water partition coefficient (Wildman–Crippen LogP) is 3.89. The molecule has 0 fully saturated rings. The predicted molar refractivity (Wildman–Crippen MR) is 122 cm³/mol. The summed E-state index contributed by atoms with van der Waals surface area (Å²) in [5.41, 5.74) is 1.92. The molecule has 0 saturated heterocycles. The fourth-order valence-corrected chi connectivity index (χ4v) is 4.43. The van der Waals surface area contributed by atoms with E-state index in [0.29, 0.717) is 36.0 Å². The van der Waals surface area contributed by atoms with E-state index in [1.165, 1.54) is 0 Å². The van der Waals surface area contributed by atoms with E-state index in [9.17, 15) is 9.00 Å². The van der Waals surface area contributed by atoms with E-state index in [4.69, 9.17) is 18.6 Å². The van der Waals surface area contributed by atoms with Crippen molar-refractivity contribution in [3.8, 4) is 17.2 Å². The molecule has 1 aromatic heterocycles. The topological polar surface area (TPSA) is 87.0 Å². The molecule has 3 rings (SSSR count). The SMILES string of the molecule is COc1ccc(CCNC(=O)c2ccc(C[S@@](=O)c3cccc(C)c3)o2)c(OC)c1OC. The molecule has 1 N–H and O–H groups in total. The number of nitrogens with one attached hydrogen (secondary N) is 1. The van der Waals surface area contributed by atoms with Crippen LogP contribution in [0.2, 0.25) is 0 Å². The maximum absolute atomic E-state index is 12.6. The first-order valence-electron chi connectivity index (χ1n) is 10.1. The standard InChI is InChI=1S/C24H27NO6S/c1-16-6-5-7-19(14-16)32(27)15-18-9-11-21(31-18)24(26)25-13-12-17-8-10-20(28-2)23(30-4)22(17)29-3/h5-11,14H,12-13,15H2,1-4H3,(H,25,26)/t32-/m1/s1. The first kappa shape index (κ1) is 23.4. The molecule has 32 heavy (non-hydrogen) atoms. The van der Waals surface area contributed by atoms with Gasteiger partial charge in [-0.1, -0.05) is 18.2 Å². The monoisotopic (exact) mass is 457 g/mol. The Labute approximate surface area is 190 Å². The molecule has 1 heterocycles. The molecule has 0 unspecified atom stereocenters. The summed E-state index contributed by atoms with van der Waals surface area (Å²) >= 11 is 0. The molecule has 1 amide bonds. The van der Waals surface area contributed by atoms with Gasteiger partial charge in [-0.25, -0.2) is 0 Å². The van der Waals surface area contributed by atoms with Crippen LogP contribution >= 0.6 is 0 Å². The van der Waals surface area contributed by atoms with Gasteiger partial charge in [0.1, 0.15) is 5.76 Å². The number of aryl methyl sites for hydroxylation is 1. The van der Waals surface area contributed by atoms with E-state index in [-0.39, 0.29) is 17.4 Å². The molecule has 0 aliphatic rings. The van der Waals surface area contributed by atoms with Crippen LogP contribution < -0.4 is 19.5 Å². The van der Waals surface area contributed by atoms with Crippen LogP contribution in [0.15, 0.2) is 57.8 Å². The van der Waals surface area contributed by atoms with Gasteiger partial charge < -0.3 is 23.9 Å². The molecule has 3 aromatic rings. The van der Waals surface area contributed by atoms with E-state index in [0.717, 1.165) is 16.0 Å². The molecular formula is C24H27NO6S.